The first-order valence-corrected chi connectivity index (χ1v) is 11.9. The third kappa shape index (κ3) is 5.23. The molecule has 3 heterocycles. The molecule has 1 saturated heterocycles. The summed E-state index contributed by atoms with van der Waals surface area (Å²) in [5.41, 5.74) is 0.841. The fraction of sp³-hybridized carbons (Fsp3) is 0.478. The van der Waals surface area contributed by atoms with Crippen molar-refractivity contribution < 1.29 is 19.1 Å². The summed E-state index contributed by atoms with van der Waals surface area (Å²) in [6.45, 7) is 9.53. The van der Waals surface area contributed by atoms with E-state index in [0.717, 1.165) is 38.3 Å². The van der Waals surface area contributed by atoms with Crippen LogP contribution >= 0.6 is 11.3 Å². The smallest absolute Gasteiger partial charge is 0.309 e. The molecule has 0 aliphatic carbocycles. The number of ether oxygens (including phenoxy) is 2. The van der Waals surface area contributed by atoms with E-state index in [-0.39, 0.29) is 25.4 Å². The van der Waals surface area contributed by atoms with Crippen LogP contribution in [-0.2, 0) is 16.1 Å². The second kappa shape index (κ2) is 10.3. The number of piperazine rings is 1. The normalized spacial score (nSPS) is 18.2. The number of fused-ring (bicyclic) bond motifs is 1. The number of hydrogen-bond donors (Lipinski definition) is 2. The number of rotatable bonds is 7. The molecule has 4 rings (SSSR count). The van der Waals surface area contributed by atoms with Crippen LogP contribution in [0.2, 0.25) is 0 Å². The lowest BCUT2D eigenvalue weighted by molar-refractivity contribution is -0.140. The molecule has 172 valence electrons. The van der Waals surface area contributed by atoms with Gasteiger partial charge in [-0.15, -0.1) is 11.3 Å². The molecule has 0 saturated carbocycles. The molecule has 2 amide bonds. The fourth-order valence-corrected chi connectivity index (χ4v) is 5.19. The molecule has 1 fully saturated rings. The largest absolute Gasteiger partial charge is 0.454 e. The van der Waals surface area contributed by atoms with Gasteiger partial charge in [0.15, 0.2) is 11.5 Å². The van der Waals surface area contributed by atoms with Crippen LogP contribution in [0.4, 0.5) is 0 Å². The molecule has 1 aromatic heterocycles. The van der Waals surface area contributed by atoms with Gasteiger partial charge < -0.3 is 25.0 Å². The molecule has 32 heavy (non-hydrogen) atoms. The Balaban J connectivity index is 1.34. The Kier molecular flexibility index (Phi) is 7.29. The topological polar surface area (TPSA) is 83.1 Å². The molecule has 1 aromatic carbocycles. The maximum Gasteiger partial charge on any atom is 0.309 e. The van der Waals surface area contributed by atoms with E-state index in [4.69, 9.17) is 9.47 Å². The van der Waals surface area contributed by atoms with E-state index >= 15 is 0 Å². The Hall–Kier alpha value is -2.62. The number of nitrogens with one attached hydrogen (secondary N) is 2. The number of thiophene rings is 1. The summed E-state index contributed by atoms with van der Waals surface area (Å²) < 4.78 is 10.7. The number of carbonyl (C=O) groups excluding carboxylic acids is 2. The van der Waals surface area contributed by atoms with E-state index in [1.54, 1.807) is 17.4 Å². The molecular weight excluding hydrogens is 428 g/mol. The highest BCUT2D eigenvalue weighted by atomic mass is 32.1. The summed E-state index contributed by atoms with van der Waals surface area (Å²) in [6, 6.07) is 9.43. The first kappa shape index (κ1) is 22.6. The van der Waals surface area contributed by atoms with Crippen molar-refractivity contribution in [2.24, 2.45) is 0 Å². The quantitative estimate of drug-likeness (QED) is 0.618. The molecule has 2 N–H and O–H groups in total. The third-order valence-corrected chi connectivity index (χ3v) is 6.95. The summed E-state index contributed by atoms with van der Waals surface area (Å²) in [4.78, 5) is 31.1. The zero-order chi connectivity index (χ0) is 22.5. The van der Waals surface area contributed by atoms with Crippen molar-refractivity contribution in [1.29, 1.82) is 0 Å². The lowest BCUT2D eigenvalue weighted by atomic mass is 10.0. The summed E-state index contributed by atoms with van der Waals surface area (Å²) >= 11 is 1.68. The second-order valence-electron chi connectivity index (χ2n) is 8.06. The van der Waals surface area contributed by atoms with Crippen molar-refractivity contribution in [3.8, 4) is 11.5 Å². The number of nitrogens with zero attached hydrogens (tertiary/aromatic N) is 2. The van der Waals surface area contributed by atoms with Crippen LogP contribution in [0.5, 0.6) is 11.5 Å². The van der Waals surface area contributed by atoms with Gasteiger partial charge in [0.2, 0.25) is 6.79 Å². The van der Waals surface area contributed by atoms with Gasteiger partial charge in [-0.05, 0) is 42.6 Å². The molecule has 0 spiro atoms. The van der Waals surface area contributed by atoms with Crippen LogP contribution in [0.1, 0.15) is 30.3 Å². The molecule has 0 bridgehead atoms. The zero-order valence-electron chi connectivity index (χ0n) is 18.5. The SMILES string of the molecule is CCN1CCN([C@H](c2cccs2)[C@@H](C)NC(=O)C(=O)NCc2ccc3c(c2)OCO3)CC1. The molecule has 0 radical (unpaired) electrons. The van der Waals surface area contributed by atoms with Gasteiger partial charge >= 0.3 is 11.8 Å². The van der Waals surface area contributed by atoms with Crippen molar-refractivity contribution in [3.63, 3.8) is 0 Å². The van der Waals surface area contributed by atoms with Gasteiger partial charge in [0.25, 0.3) is 0 Å². The first-order valence-electron chi connectivity index (χ1n) is 11.0. The number of likely N-dealkylation sites (N-methyl/N-ethyl adjacent to an activating group) is 1. The van der Waals surface area contributed by atoms with E-state index in [1.165, 1.54) is 4.88 Å². The average Bonchev–Trinajstić information content (AvgIpc) is 3.50. The molecule has 8 nitrogen and oxygen atoms in total. The second-order valence-corrected chi connectivity index (χ2v) is 9.04. The first-order chi connectivity index (χ1) is 15.5. The highest BCUT2D eigenvalue weighted by Gasteiger charge is 2.31. The fourth-order valence-electron chi connectivity index (χ4n) is 4.22. The Morgan fingerprint density at radius 3 is 2.59 bits per heavy atom. The predicted octanol–water partition coefficient (Wildman–Crippen LogP) is 1.98. The summed E-state index contributed by atoms with van der Waals surface area (Å²) in [7, 11) is 0. The van der Waals surface area contributed by atoms with E-state index < -0.39 is 11.8 Å². The van der Waals surface area contributed by atoms with Gasteiger partial charge in [-0.3, -0.25) is 14.5 Å². The van der Waals surface area contributed by atoms with Gasteiger partial charge in [-0.2, -0.15) is 0 Å². The standard InChI is InChI=1S/C23H30N4O4S/c1-3-26-8-10-27(11-9-26)21(20-5-4-12-32-20)16(2)25-23(29)22(28)24-14-17-6-7-18-19(13-17)31-15-30-18/h4-7,12-13,16,21H,3,8-11,14-15H2,1-2H3,(H,24,28)(H,25,29)/t16-,21+/m1/s1. The number of carbonyl (C=O) groups is 2. The van der Waals surface area contributed by atoms with Crippen molar-refractivity contribution in [2.45, 2.75) is 32.5 Å². The van der Waals surface area contributed by atoms with Crippen LogP contribution in [0.15, 0.2) is 35.7 Å². The lowest BCUT2D eigenvalue weighted by Crippen LogP contribution is -2.53. The zero-order valence-corrected chi connectivity index (χ0v) is 19.3. The van der Waals surface area contributed by atoms with Gasteiger partial charge in [0.05, 0.1) is 6.04 Å². The van der Waals surface area contributed by atoms with E-state index in [2.05, 4.69) is 38.8 Å². The lowest BCUT2D eigenvalue weighted by Gasteiger charge is -2.41. The van der Waals surface area contributed by atoms with E-state index in [0.29, 0.717) is 11.5 Å². The van der Waals surface area contributed by atoms with Crippen LogP contribution < -0.4 is 20.1 Å². The number of benzene rings is 1. The van der Waals surface area contributed by atoms with Crippen molar-refractivity contribution in [2.75, 3.05) is 39.5 Å². The Bertz CT molecular complexity index is 928. The highest BCUT2D eigenvalue weighted by Crippen LogP contribution is 2.32. The Morgan fingerprint density at radius 1 is 1.09 bits per heavy atom. The minimum Gasteiger partial charge on any atom is -0.454 e. The van der Waals surface area contributed by atoms with Crippen LogP contribution in [0.25, 0.3) is 0 Å². The molecule has 2 aliphatic heterocycles. The molecule has 2 aromatic rings. The monoisotopic (exact) mass is 458 g/mol. The van der Waals surface area contributed by atoms with Gasteiger partial charge in [0, 0.05) is 43.6 Å². The molecule has 2 aliphatic rings. The maximum atomic E-state index is 12.6. The van der Waals surface area contributed by atoms with Gasteiger partial charge in [-0.1, -0.05) is 19.1 Å². The minimum atomic E-state index is -0.643. The number of hydrogen-bond acceptors (Lipinski definition) is 7. The van der Waals surface area contributed by atoms with Crippen LogP contribution in [0, 0.1) is 0 Å². The van der Waals surface area contributed by atoms with Crippen LogP contribution in [0.3, 0.4) is 0 Å². The van der Waals surface area contributed by atoms with Crippen LogP contribution in [-0.4, -0.2) is 67.2 Å². The molecule has 0 unspecified atom stereocenters. The van der Waals surface area contributed by atoms with Gasteiger partial charge in [0.1, 0.15) is 0 Å². The highest BCUT2D eigenvalue weighted by molar-refractivity contribution is 7.10. The Labute approximate surface area is 192 Å². The molecule has 9 heteroatoms. The average molecular weight is 459 g/mol. The summed E-state index contributed by atoms with van der Waals surface area (Å²) in [5, 5.41) is 7.67. The number of amides is 2. The molecule has 2 atom stereocenters. The molecular formula is C23H30N4O4S. The van der Waals surface area contributed by atoms with Crippen molar-refractivity contribution in [1.82, 2.24) is 20.4 Å². The van der Waals surface area contributed by atoms with E-state index in [1.807, 2.05) is 25.1 Å². The van der Waals surface area contributed by atoms with Crippen molar-refractivity contribution >= 4 is 23.2 Å². The predicted molar refractivity (Wildman–Crippen MR) is 123 cm³/mol. The van der Waals surface area contributed by atoms with Gasteiger partial charge in [-0.25, -0.2) is 0 Å². The summed E-state index contributed by atoms with van der Waals surface area (Å²) in [6.07, 6.45) is 0. The van der Waals surface area contributed by atoms with E-state index in [9.17, 15) is 9.59 Å². The Morgan fingerprint density at radius 2 is 1.88 bits per heavy atom. The third-order valence-electron chi connectivity index (χ3n) is 6.01. The van der Waals surface area contributed by atoms with Crippen molar-refractivity contribution in [3.05, 3.63) is 46.2 Å². The summed E-state index contributed by atoms with van der Waals surface area (Å²) in [5.74, 6) is 0.0741. The maximum absolute atomic E-state index is 12.6. The minimum absolute atomic E-state index is 0.0413.